The molecule has 1 saturated heterocycles. The maximum absolute atomic E-state index is 13.4. The molecule has 34 heavy (non-hydrogen) atoms. The summed E-state index contributed by atoms with van der Waals surface area (Å²) < 4.78 is 9.26. The van der Waals surface area contributed by atoms with Crippen LogP contribution in [0.4, 0.5) is 5.69 Å². The molecule has 8 nitrogen and oxygen atoms in total. The van der Waals surface area contributed by atoms with E-state index in [1.165, 1.54) is 0 Å². The fourth-order valence-electron chi connectivity index (χ4n) is 4.42. The van der Waals surface area contributed by atoms with Gasteiger partial charge in [0.25, 0.3) is 5.56 Å². The average molecular weight is 457 g/mol. The molecule has 2 aromatic carbocycles. The van der Waals surface area contributed by atoms with Gasteiger partial charge in [0.15, 0.2) is 5.69 Å². The minimum Gasteiger partial charge on any atom is -0.376 e. The van der Waals surface area contributed by atoms with Crippen LogP contribution < -0.4 is 5.56 Å². The van der Waals surface area contributed by atoms with Gasteiger partial charge in [0.1, 0.15) is 5.69 Å². The van der Waals surface area contributed by atoms with Gasteiger partial charge in [-0.2, -0.15) is 20.4 Å². The second-order valence-corrected chi connectivity index (χ2v) is 8.58. The van der Waals surface area contributed by atoms with Crippen LogP contribution >= 0.6 is 0 Å². The highest BCUT2D eigenvalue weighted by molar-refractivity contribution is 5.92. The van der Waals surface area contributed by atoms with Gasteiger partial charge in [-0.05, 0) is 49.9 Å². The molecule has 174 valence electrons. The Morgan fingerprint density at radius 1 is 1.12 bits per heavy atom. The van der Waals surface area contributed by atoms with Gasteiger partial charge in [0.2, 0.25) is 0 Å². The van der Waals surface area contributed by atoms with Crippen LogP contribution in [0.3, 0.4) is 0 Å². The third kappa shape index (κ3) is 4.28. The number of hydrogen-bond donors (Lipinski definition) is 0. The quantitative estimate of drug-likeness (QED) is 0.359. The van der Waals surface area contributed by atoms with Gasteiger partial charge in [0, 0.05) is 18.2 Å². The standard InChI is InChI=1S/C26H28N6O2/c1-3-4-15-27-28-20-13-11-19(12-14-20)17-31-23-9-6-5-8-21(23)24-25(29-31)26(33)32(30-24)22-10-7-16-34-18(22)2/h4-6,8-9,11-15,18,22H,3,7,10,16-17H2,1-2H3/b15-4-,28-27?. The second kappa shape index (κ2) is 9.69. The highest BCUT2D eigenvalue weighted by Crippen LogP contribution is 2.29. The largest absolute Gasteiger partial charge is 0.376 e. The predicted molar refractivity (Wildman–Crippen MR) is 132 cm³/mol. The lowest BCUT2D eigenvalue weighted by Crippen LogP contribution is -2.35. The van der Waals surface area contributed by atoms with E-state index >= 15 is 0 Å². The van der Waals surface area contributed by atoms with Crippen LogP contribution in [0.2, 0.25) is 0 Å². The second-order valence-electron chi connectivity index (χ2n) is 8.58. The van der Waals surface area contributed by atoms with Gasteiger partial charge in [-0.25, -0.2) is 4.68 Å². The van der Waals surface area contributed by atoms with Crippen LogP contribution in [-0.4, -0.2) is 32.3 Å². The fourth-order valence-corrected chi connectivity index (χ4v) is 4.42. The highest BCUT2D eigenvalue weighted by Gasteiger charge is 2.30. The summed E-state index contributed by atoms with van der Waals surface area (Å²) >= 11 is 0. The van der Waals surface area contributed by atoms with Gasteiger partial charge in [0.05, 0.1) is 29.9 Å². The van der Waals surface area contributed by atoms with Crippen LogP contribution in [0, 0.1) is 0 Å². The number of para-hydroxylation sites is 1. The summed E-state index contributed by atoms with van der Waals surface area (Å²) in [6, 6.07) is 15.8. The molecule has 3 aliphatic rings. The molecule has 0 radical (unpaired) electrons. The molecule has 3 heterocycles. The van der Waals surface area contributed by atoms with Crippen LogP contribution in [0.1, 0.15) is 44.7 Å². The van der Waals surface area contributed by atoms with Crippen molar-refractivity contribution < 1.29 is 4.74 Å². The van der Waals surface area contributed by atoms with E-state index in [-0.39, 0.29) is 17.7 Å². The first-order chi connectivity index (χ1) is 16.7. The van der Waals surface area contributed by atoms with E-state index in [4.69, 9.17) is 14.9 Å². The van der Waals surface area contributed by atoms with E-state index in [0.29, 0.717) is 17.9 Å². The first-order valence-electron chi connectivity index (χ1n) is 11.8. The van der Waals surface area contributed by atoms with E-state index in [1.807, 2.05) is 66.2 Å². The zero-order valence-corrected chi connectivity index (χ0v) is 19.5. The Labute approximate surface area is 197 Å². The van der Waals surface area contributed by atoms with Crippen LogP contribution in [0.15, 0.2) is 75.8 Å². The number of nitrogens with zero attached hydrogens (tertiary/aromatic N) is 6. The van der Waals surface area contributed by atoms with Crippen molar-refractivity contribution in [3.05, 3.63) is 76.7 Å². The molecule has 8 heteroatoms. The number of fused-ring (bicyclic) bond motifs is 3. The number of ether oxygens (including phenoxy) is 1. The third-order valence-electron chi connectivity index (χ3n) is 6.23. The van der Waals surface area contributed by atoms with E-state index in [1.54, 1.807) is 10.9 Å². The summed E-state index contributed by atoms with van der Waals surface area (Å²) in [4.78, 5) is 13.4. The Morgan fingerprint density at radius 2 is 1.94 bits per heavy atom. The maximum Gasteiger partial charge on any atom is 0.297 e. The number of rotatable bonds is 6. The van der Waals surface area contributed by atoms with Gasteiger partial charge >= 0.3 is 0 Å². The maximum atomic E-state index is 13.4. The molecule has 1 fully saturated rings. The van der Waals surface area contributed by atoms with Crippen LogP contribution in [-0.2, 0) is 11.3 Å². The Bertz CT molecular complexity index is 1370. The Balaban J connectivity index is 1.52. The first-order valence-corrected chi connectivity index (χ1v) is 11.8. The van der Waals surface area contributed by atoms with Crippen molar-refractivity contribution in [3.8, 4) is 11.4 Å². The molecule has 2 atom stereocenters. The van der Waals surface area contributed by atoms with Crippen molar-refractivity contribution in [3.63, 3.8) is 0 Å². The summed E-state index contributed by atoms with van der Waals surface area (Å²) in [6.07, 6.45) is 6.33. The van der Waals surface area contributed by atoms with Gasteiger partial charge < -0.3 is 4.74 Å². The molecule has 0 aromatic heterocycles. The van der Waals surface area contributed by atoms with Crippen molar-refractivity contribution in [2.45, 2.75) is 51.8 Å². The van der Waals surface area contributed by atoms with Crippen molar-refractivity contribution in [1.82, 2.24) is 19.6 Å². The predicted octanol–water partition coefficient (Wildman–Crippen LogP) is 5.49. The number of azo groups is 1. The van der Waals surface area contributed by atoms with Crippen molar-refractivity contribution in [2.75, 3.05) is 6.61 Å². The summed E-state index contributed by atoms with van der Waals surface area (Å²) in [6.45, 7) is 5.31. The molecule has 2 aromatic rings. The molecule has 2 unspecified atom stereocenters. The Hall–Kier alpha value is -3.65. The number of benzene rings is 2. The highest BCUT2D eigenvalue weighted by atomic mass is 16.5. The number of allylic oxidation sites excluding steroid dienone is 1. The zero-order valence-electron chi connectivity index (χ0n) is 19.5. The lowest BCUT2D eigenvalue weighted by atomic mass is 10.0. The molecule has 0 bridgehead atoms. The minimum atomic E-state index is -0.159. The summed E-state index contributed by atoms with van der Waals surface area (Å²) in [7, 11) is 0. The molecule has 0 saturated carbocycles. The average Bonchev–Trinajstić information content (AvgIpc) is 3.19. The zero-order chi connectivity index (χ0) is 23.5. The van der Waals surface area contributed by atoms with E-state index < -0.39 is 0 Å². The molecule has 5 rings (SSSR count). The summed E-state index contributed by atoms with van der Waals surface area (Å²) in [5.74, 6) is 0. The van der Waals surface area contributed by atoms with Crippen molar-refractivity contribution in [1.29, 1.82) is 0 Å². The third-order valence-corrected chi connectivity index (χ3v) is 6.23. The smallest absolute Gasteiger partial charge is 0.297 e. The monoisotopic (exact) mass is 456 g/mol. The Kier molecular flexibility index (Phi) is 6.31. The van der Waals surface area contributed by atoms with Gasteiger partial charge in [-0.1, -0.05) is 43.3 Å². The first kappa shape index (κ1) is 22.2. The molecule has 0 N–H and O–H groups in total. The van der Waals surface area contributed by atoms with E-state index in [0.717, 1.165) is 48.0 Å². The molecular formula is C26H28N6O2. The summed E-state index contributed by atoms with van der Waals surface area (Å²) in [5.41, 5.74) is 3.65. The lowest BCUT2D eigenvalue weighted by Gasteiger charge is -2.28. The van der Waals surface area contributed by atoms with E-state index in [9.17, 15) is 4.79 Å². The van der Waals surface area contributed by atoms with Crippen molar-refractivity contribution >= 4 is 16.6 Å². The SMILES string of the molecule is CC/C=C\N=Nc1ccc(Cn2nc3c(=O)n(C4CCCOC4C)nc-3c3ccccc32)cc1. The van der Waals surface area contributed by atoms with Gasteiger partial charge in [-0.3, -0.25) is 9.48 Å². The lowest BCUT2D eigenvalue weighted by molar-refractivity contribution is -0.0134. The number of hydrogen-bond acceptors (Lipinski definition) is 6. The minimum absolute atomic E-state index is 0.0534. The molecule has 0 spiro atoms. The number of aromatic nitrogens is 4. The van der Waals surface area contributed by atoms with E-state index in [2.05, 4.69) is 17.2 Å². The van der Waals surface area contributed by atoms with Crippen LogP contribution in [0.25, 0.3) is 22.3 Å². The molecule has 0 aliphatic carbocycles. The summed E-state index contributed by atoms with van der Waals surface area (Å²) in [5, 5.41) is 18.7. The van der Waals surface area contributed by atoms with Gasteiger partial charge in [-0.15, -0.1) is 0 Å². The Morgan fingerprint density at radius 3 is 2.74 bits per heavy atom. The topological polar surface area (TPSA) is 86.7 Å². The molecular weight excluding hydrogens is 428 g/mol. The van der Waals surface area contributed by atoms with Crippen LogP contribution in [0.5, 0.6) is 0 Å². The fraction of sp³-hybridized carbons (Fsp3) is 0.346. The molecule has 3 aliphatic heterocycles. The normalized spacial score (nSPS) is 19.1. The van der Waals surface area contributed by atoms with Crippen molar-refractivity contribution in [2.24, 2.45) is 10.2 Å². The molecule has 0 amide bonds.